The average Bonchev–Trinajstić information content (AvgIpc) is 3.09. The summed E-state index contributed by atoms with van der Waals surface area (Å²) in [6.45, 7) is 0. The number of ether oxygens (including phenoxy) is 1. The maximum atomic E-state index is 12.0. The summed E-state index contributed by atoms with van der Waals surface area (Å²) >= 11 is 7.19. The molecule has 0 radical (unpaired) electrons. The van der Waals surface area contributed by atoms with Crippen LogP contribution in [0, 0.1) is 0 Å². The fraction of sp³-hybridized carbons (Fsp3) is 0.0556. The number of nitrogens with one attached hydrogen (secondary N) is 2. The number of esters is 1. The molecule has 0 fully saturated rings. The Morgan fingerprint density at radius 2 is 1.88 bits per heavy atom. The van der Waals surface area contributed by atoms with Crippen molar-refractivity contribution in [3.63, 3.8) is 0 Å². The zero-order valence-corrected chi connectivity index (χ0v) is 15.2. The smallest absolute Gasteiger partial charge is 0.337 e. The van der Waals surface area contributed by atoms with E-state index >= 15 is 0 Å². The second-order valence-electron chi connectivity index (χ2n) is 5.20. The molecule has 1 aromatic heterocycles. The summed E-state index contributed by atoms with van der Waals surface area (Å²) in [5.74, 6) is -0.394. The lowest BCUT2D eigenvalue weighted by Gasteiger charge is -2.05. The van der Waals surface area contributed by atoms with E-state index in [0.717, 1.165) is 5.56 Å². The van der Waals surface area contributed by atoms with Gasteiger partial charge in [-0.05, 0) is 30.3 Å². The van der Waals surface area contributed by atoms with Crippen molar-refractivity contribution in [2.45, 2.75) is 0 Å². The van der Waals surface area contributed by atoms with Crippen LogP contribution in [0.4, 0.5) is 15.6 Å². The Morgan fingerprint density at radius 3 is 2.58 bits per heavy atom. The lowest BCUT2D eigenvalue weighted by Crippen LogP contribution is -2.19. The summed E-state index contributed by atoms with van der Waals surface area (Å²) in [7, 11) is 1.34. The van der Waals surface area contributed by atoms with Crippen molar-refractivity contribution >= 4 is 45.8 Å². The summed E-state index contributed by atoms with van der Waals surface area (Å²) in [5.41, 5.74) is 2.58. The summed E-state index contributed by atoms with van der Waals surface area (Å²) in [4.78, 5) is 27.9. The minimum absolute atomic E-state index is 0.394. The van der Waals surface area contributed by atoms with Gasteiger partial charge in [0, 0.05) is 21.7 Å². The summed E-state index contributed by atoms with van der Waals surface area (Å²) in [6, 6.07) is 13.3. The van der Waals surface area contributed by atoms with Crippen molar-refractivity contribution in [2.75, 3.05) is 17.7 Å². The molecular weight excluding hydrogens is 374 g/mol. The fourth-order valence-electron chi connectivity index (χ4n) is 2.18. The van der Waals surface area contributed by atoms with Crippen LogP contribution in [0.25, 0.3) is 11.3 Å². The minimum atomic E-state index is -0.408. The minimum Gasteiger partial charge on any atom is -0.465 e. The van der Waals surface area contributed by atoms with E-state index in [1.165, 1.54) is 18.4 Å². The van der Waals surface area contributed by atoms with Gasteiger partial charge >= 0.3 is 12.0 Å². The molecule has 6 nitrogen and oxygen atoms in total. The second-order valence-corrected chi connectivity index (χ2v) is 6.49. The Bertz CT molecular complexity index is 941. The molecule has 2 N–H and O–H groups in total. The number of nitrogens with zero attached hydrogens (tertiary/aromatic N) is 1. The van der Waals surface area contributed by atoms with Gasteiger partial charge in [-0.2, -0.15) is 0 Å². The molecule has 2 amide bonds. The number of amides is 2. The van der Waals surface area contributed by atoms with E-state index in [1.807, 2.05) is 5.38 Å². The predicted octanol–water partition coefficient (Wildman–Crippen LogP) is 4.89. The number of hydrogen-bond acceptors (Lipinski definition) is 5. The number of hydrogen-bond donors (Lipinski definition) is 2. The first kappa shape index (κ1) is 17.9. The van der Waals surface area contributed by atoms with Gasteiger partial charge in [0.25, 0.3) is 0 Å². The van der Waals surface area contributed by atoms with Gasteiger partial charge < -0.3 is 10.1 Å². The van der Waals surface area contributed by atoms with Crippen molar-refractivity contribution in [3.8, 4) is 11.3 Å². The number of thiazole rings is 1. The number of carbonyl (C=O) groups excluding carboxylic acids is 2. The van der Waals surface area contributed by atoms with Crippen molar-refractivity contribution in [1.29, 1.82) is 0 Å². The Balaban J connectivity index is 1.66. The molecular formula is C18H14ClN3O3S. The van der Waals surface area contributed by atoms with E-state index in [9.17, 15) is 9.59 Å². The van der Waals surface area contributed by atoms with Crippen LogP contribution in [-0.4, -0.2) is 24.1 Å². The van der Waals surface area contributed by atoms with Gasteiger partial charge in [0.05, 0.1) is 18.4 Å². The van der Waals surface area contributed by atoms with E-state index in [0.29, 0.717) is 27.1 Å². The molecule has 26 heavy (non-hydrogen) atoms. The van der Waals surface area contributed by atoms with Gasteiger partial charge in [-0.3, -0.25) is 5.32 Å². The quantitative estimate of drug-likeness (QED) is 0.624. The number of carbonyl (C=O) groups is 2. The van der Waals surface area contributed by atoms with Crippen LogP contribution in [0.1, 0.15) is 10.4 Å². The highest BCUT2D eigenvalue weighted by Gasteiger charge is 2.10. The normalized spacial score (nSPS) is 10.2. The van der Waals surface area contributed by atoms with E-state index in [4.69, 9.17) is 11.6 Å². The number of methoxy groups -OCH3 is 1. The van der Waals surface area contributed by atoms with Crippen LogP contribution >= 0.6 is 22.9 Å². The number of halogens is 1. The Hall–Kier alpha value is -2.90. The Labute approximate surface area is 158 Å². The molecule has 8 heteroatoms. The molecule has 0 atom stereocenters. The highest BCUT2D eigenvalue weighted by molar-refractivity contribution is 7.14. The van der Waals surface area contributed by atoms with E-state index in [1.54, 1.807) is 48.5 Å². The van der Waals surface area contributed by atoms with Crippen LogP contribution in [0.3, 0.4) is 0 Å². The van der Waals surface area contributed by atoms with Gasteiger partial charge in [0.2, 0.25) is 0 Å². The van der Waals surface area contributed by atoms with Crippen LogP contribution in [-0.2, 0) is 4.74 Å². The lowest BCUT2D eigenvalue weighted by atomic mass is 10.1. The average molecular weight is 388 g/mol. The van der Waals surface area contributed by atoms with Gasteiger partial charge in [-0.1, -0.05) is 29.8 Å². The third-order valence-electron chi connectivity index (χ3n) is 3.41. The molecule has 0 unspecified atom stereocenters. The first-order valence-corrected chi connectivity index (χ1v) is 8.79. The lowest BCUT2D eigenvalue weighted by molar-refractivity contribution is 0.0600. The molecule has 0 aliphatic carbocycles. The predicted molar refractivity (Wildman–Crippen MR) is 103 cm³/mol. The molecule has 0 spiro atoms. The maximum absolute atomic E-state index is 12.0. The van der Waals surface area contributed by atoms with Crippen LogP contribution < -0.4 is 10.6 Å². The van der Waals surface area contributed by atoms with Gasteiger partial charge in [-0.15, -0.1) is 11.3 Å². The number of aromatic nitrogens is 1. The maximum Gasteiger partial charge on any atom is 0.337 e. The summed E-state index contributed by atoms with van der Waals surface area (Å²) < 4.78 is 4.67. The molecule has 0 bridgehead atoms. The van der Waals surface area contributed by atoms with Crippen LogP contribution in [0.2, 0.25) is 5.02 Å². The highest BCUT2D eigenvalue weighted by Crippen LogP contribution is 2.25. The first-order chi connectivity index (χ1) is 12.5. The van der Waals surface area contributed by atoms with Crippen molar-refractivity contribution < 1.29 is 14.3 Å². The van der Waals surface area contributed by atoms with Gasteiger partial charge in [-0.25, -0.2) is 14.6 Å². The highest BCUT2D eigenvalue weighted by atomic mass is 35.5. The number of benzene rings is 2. The van der Waals surface area contributed by atoms with E-state index in [2.05, 4.69) is 20.4 Å². The van der Waals surface area contributed by atoms with Crippen molar-refractivity contribution in [1.82, 2.24) is 4.98 Å². The van der Waals surface area contributed by atoms with Gasteiger partial charge in [0.15, 0.2) is 5.13 Å². The molecule has 1 heterocycles. The Morgan fingerprint density at radius 1 is 1.12 bits per heavy atom. The van der Waals surface area contributed by atoms with Crippen LogP contribution in [0.5, 0.6) is 0 Å². The number of rotatable bonds is 4. The third-order valence-corrected chi connectivity index (χ3v) is 4.40. The second kappa shape index (κ2) is 7.99. The fourth-order valence-corrected chi connectivity index (χ4v) is 3.09. The zero-order chi connectivity index (χ0) is 18.5. The Kier molecular flexibility index (Phi) is 5.50. The molecule has 0 saturated carbocycles. The summed E-state index contributed by atoms with van der Waals surface area (Å²) in [6.07, 6.45) is 0. The third kappa shape index (κ3) is 4.38. The SMILES string of the molecule is COC(=O)c1ccc(-c2csc(NC(=O)Nc3cccc(Cl)c3)n2)cc1. The summed E-state index contributed by atoms with van der Waals surface area (Å²) in [5, 5.41) is 8.18. The van der Waals surface area contributed by atoms with Crippen molar-refractivity contribution in [2.24, 2.45) is 0 Å². The number of urea groups is 1. The molecule has 0 aliphatic heterocycles. The molecule has 0 aliphatic rings. The first-order valence-electron chi connectivity index (χ1n) is 7.53. The topological polar surface area (TPSA) is 80.3 Å². The monoisotopic (exact) mass is 387 g/mol. The molecule has 132 valence electrons. The molecule has 3 rings (SSSR count). The standard InChI is InChI=1S/C18H14ClN3O3S/c1-25-16(23)12-7-5-11(6-8-12)15-10-26-18(21-15)22-17(24)20-14-4-2-3-13(19)9-14/h2-10H,1H3,(H2,20,21,22,24). The molecule has 2 aromatic carbocycles. The molecule has 3 aromatic rings. The molecule has 0 saturated heterocycles. The van der Waals surface area contributed by atoms with Crippen LogP contribution in [0.15, 0.2) is 53.9 Å². The zero-order valence-electron chi connectivity index (χ0n) is 13.7. The van der Waals surface area contributed by atoms with Gasteiger partial charge in [0.1, 0.15) is 0 Å². The largest absolute Gasteiger partial charge is 0.465 e. The van der Waals surface area contributed by atoms with E-state index in [-0.39, 0.29) is 0 Å². The van der Waals surface area contributed by atoms with E-state index < -0.39 is 12.0 Å². The number of anilines is 2. The van der Waals surface area contributed by atoms with Crippen molar-refractivity contribution in [3.05, 3.63) is 64.5 Å².